The van der Waals surface area contributed by atoms with Crippen molar-refractivity contribution in [2.24, 2.45) is 0 Å². The first-order valence-corrected chi connectivity index (χ1v) is 7.92. The SMILES string of the molecule is Cc1ccc(OCn2ccc(C(=O)Nc3c(C)noc3C)n2)c(C)c1. The van der Waals surface area contributed by atoms with Gasteiger partial charge in [-0.05, 0) is 45.4 Å². The van der Waals surface area contributed by atoms with E-state index in [2.05, 4.69) is 21.6 Å². The van der Waals surface area contributed by atoms with Crippen LogP contribution in [0.1, 0.15) is 33.1 Å². The van der Waals surface area contributed by atoms with Gasteiger partial charge in [0.2, 0.25) is 0 Å². The largest absolute Gasteiger partial charge is 0.471 e. The summed E-state index contributed by atoms with van der Waals surface area (Å²) in [6, 6.07) is 7.62. The van der Waals surface area contributed by atoms with Crippen LogP contribution in [-0.2, 0) is 6.73 Å². The van der Waals surface area contributed by atoms with Gasteiger partial charge in [-0.15, -0.1) is 0 Å². The van der Waals surface area contributed by atoms with Crippen LogP contribution in [0.2, 0.25) is 0 Å². The number of aryl methyl sites for hydroxylation is 4. The number of nitrogens with zero attached hydrogens (tertiary/aromatic N) is 3. The molecule has 0 saturated carbocycles. The zero-order chi connectivity index (χ0) is 18.0. The molecule has 130 valence electrons. The van der Waals surface area contributed by atoms with Crippen molar-refractivity contribution in [3.8, 4) is 5.75 Å². The van der Waals surface area contributed by atoms with Crippen molar-refractivity contribution in [2.75, 3.05) is 5.32 Å². The van der Waals surface area contributed by atoms with E-state index in [9.17, 15) is 4.79 Å². The van der Waals surface area contributed by atoms with Crippen molar-refractivity contribution in [3.63, 3.8) is 0 Å². The van der Waals surface area contributed by atoms with Crippen LogP contribution in [0.5, 0.6) is 5.75 Å². The summed E-state index contributed by atoms with van der Waals surface area (Å²) in [5.41, 5.74) is 3.74. The first kappa shape index (κ1) is 16.8. The molecule has 3 rings (SSSR count). The fourth-order valence-electron chi connectivity index (χ4n) is 2.49. The van der Waals surface area contributed by atoms with Crippen LogP contribution in [0.4, 0.5) is 5.69 Å². The second-order valence-corrected chi connectivity index (χ2v) is 5.94. The van der Waals surface area contributed by atoms with Crippen LogP contribution >= 0.6 is 0 Å². The molecule has 0 aliphatic rings. The third kappa shape index (κ3) is 3.71. The maximum Gasteiger partial charge on any atom is 0.276 e. The number of hydrogen-bond acceptors (Lipinski definition) is 5. The van der Waals surface area contributed by atoms with Gasteiger partial charge in [0.05, 0.1) is 0 Å². The molecule has 0 aliphatic carbocycles. The number of carbonyl (C=O) groups is 1. The second-order valence-electron chi connectivity index (χ2n) is 5.94. The predicted molar refractivity (Wildman–Crippen MR) is 92.7 cm³/mol. The van der Waals surface area contributed by atoms with Crippen molar-refractivity contribution < 1.29 is 14.1 Å². The van der Waals surface area contributed by atoms with Crippen molar-refractivity contribution in [2.45, 2.75) is 34.4 Å². The Morgan fingerprint density at radius 2 is 2.04 bits per heavy atom. The van der Waals surface area contributed by atoms with E-state index in [1.54, 1.807) is 30.8 Å². The average Bonchev–Trinajstić information content (AvgIpc) is 3.16. The Morgan fingerprint density at radius 1 is 1.24 bits per heavy atom. The zero-order valence-electron chi connectivity index (χ0n) is 14.7. The second kappa shape index (κ2) is 6.80. The van der Waals surface area contributed by atoms with Crippen molar-refractivity contribution >= 4 is 11.6 Å². The van der Waals surface area contributed by atoms with Gasteiger partial charge in [0, 0.05) is 6.20 Å². The van der Waals surface area contributed by atoms with E-state index in [-0.39, 0.29) is 12.6 Å². The number of nitrogens with one attached hydrogen (secondary N) is 1. The molecule has 1 N–H and O–H groups in total. The Morgan fingerprint density at radius 3 is 2.72 bits per heavy atom. The lowest BCUT2D eigenvalue weighted by molar-refractivity contribution is 0.102. The van der Waals surface area contributed by atoms with Crippen LogP contribution in [0.3, 0.4) is 0 Å². The number of ether oxygens (including phenoxy) is 1. The number of hydrogen-bond donors (Lipinski definition) is 1. The molecular weight excluding hydrogens is 320 g/mol. The van der Waals surface area contributed by atoms with Gasteiger partial charge in [0.15, 0.2) is 18.2 Å². The summed E-state index contributed by atoms with van der Waals surface area (Å²) in [5, 5.41) is 10.8. The lowest BCUT2D eigenvalue weighted by Gasteiger charge is -2.09. The molecule has 3 aromatic rings. The van der Waals surface area contributed by atoms with Gasteiger partial charge in [0.25, 0.3) is 5.91 Å². The van der Waals surface area contributed by atoms with Gasteiger partial charge in [-0.1, -0.05) is 22.9 Å². The normalized spacial score (nSPS) is 10.7. The van der Waals surface area contributed by atoms with Crippen molar-refractivity contribution in [1.82, 2.24) is 14.9 Å². The minimum absolute atomic E-state index is 0.225. The quantitative estimate of drug-likeness (QED) is 0.770. The van der Waals surface area contributed by atoms with E-state index >= 15 is 0 Å². The standard InChI is InChI=1S/C18H20N4O3/c1-11-5-6-16(12(2)9-11)24-10-22-8-7-15(20-22)18(23)19-17-13(3)21-25-14(17)4/h5-9H,10H2,1-4H3,(H,19,23). The lowest BCUT2D eigenvalue weighted by Crippen LogP contribution is -2.15. The molecular formula is C18H20N4O3. The zero-order valence-corrected chi connectivity index (χ0v) is 14.7. The number of carbonyl (C=O) groups excluding carboxylic acids is 1. The Kier molecular flexibility index (Phi) is 4.56. The smallest absolute Gasteiger partial charge is 0.276 e. The van der Waals surface area contributed by atoms with Crippen molar-refractivity contribution in [1.29, 1.82) is 0 Å². The Labute approximate surface area is 145 Å². The third-order valence-corrected chi connectivity index (χ3v) is 3.83. The molecule has 7 heteroatoms. The molecule has 2 heterocycles. The van der Waals surface area contributed by atoms with E-state index in [0.717, 1.165) is 11.3 Å². The molecule has 0 aliphatic heterocycles. The fraction of sp³-hybridized carbons (Fsp3) is 0.278. The van der Waals surface area contributed by atoms with Gasteiger partial charge >= 0.3 is 0 Å². The summed E-state index contributed by atoms with van der Waals surface area (Å²) >= 11 is 0. The molecule has 0 unspecified atom stereocenters. The Balaban J connectivity index is 1.65. The molecule has 7 nitrogen and oxygen atoms in total. The van der Waals surface area contributed by atoms with Gasteiger partial charge < -0.3 is 14.6 Å². The molecule has 0 bridgehead atoms. The molecule has 0 radical (unpaired) electrons. The Hall–Kier alpha value is -3.09. The Bertz CT molecular complexity index is 891. The van der Waals surface area contributed by atoms with Gasteiger partial charge in [-0.2, -0.15) is 5.10 Å². The maximum absolute atomic E-state index is 12.3. The first-order valence-electron chi connectivity index (χ1n) is 7.92. The maximum atomic E-state index is 12.3. The predicted octanol–water partition coefficient (Wildman–Crippen LogP) is 3.39. The summed E-state index contributed by atoms with van der Waals surface area (Å²) in [6.07, 6.45) is 1.70. The number of aromatic nitrogens is 3. The molecule has 2 aromatic heterocycles. The summed E-state index contributed by atoms with van der Waals surface area (Å²) < 4.78 is 12.4. The van der Waals surface area contributed by atoms with Crippen LogP contribution in [0.25, 0.3) is 0 Å². The van der Waals surface area contributed by atoms with Gasteiger partial charge in [-0.25, -0.2) is 4.68 Å². The highest BCUT2D eigenvalue weighted by Gasteiger charge is 2.15. The minimum atomic E-state index is -0.320. The molecule has 0 fully saturated rings. The van der Waals surface area contributed by atoms with Crippen LogP contribution in [-0.4, -0.2) is 20.8 Å². The highest BCUT2D eigenvalue weighted by Crippen LogP contribution is 2.20. The highest BCUT2D eigenvalue weighted by atomic mass is 16.5. The van der Waals surface area contributed by atoms with E-state index in [4.69, 9.17) is 9.26 Å². The van der Waals surface area contributed by atoms with E-state index in [1.807, 2.05) is 26.0 Å². The summed E-state index contributed by atoms with van der Waals surface area (Å²) in [6.45, 7) is 7.76. The number of amides is 1. The third-order valence-electron chi connectivity index (χ3n) is 3.83. The molecule has 1 amide bonds. The van der Waals surface area contributed by atoms with E-state index in [0.29, 0.717) is 22.8 Å². The van der Waals surface area contributed by atoms with Gasteiger partial charge in [-0.3, -0.25) is 4.79 Å². The first-order chi connectivity index (χ1) is 11.9. The van der Waals surface area contributed by atoms with Crippen LogP contribution in [0, 0.1) is 27.7 Å². The molecule has 0 atom stereocenters. The monoisotopic (exact) mass is 340 g/mol. The topological polar surface area (TPSA) is 82.2 Å². The summed E-state index contributed by atoms with van der Waals surface area (Å²) in [5.74, 6) is 1.03. The van der Waals surface area contributed by atoms with E-state index in [1.165, 1.54) is 5.56 Å². The average molecular weight is 340 g/mol. The molecule has 0 saturated heterocycles. The molecule has 0 spiro atoms. The summed E-state index contributed by atoms with van der Waals surface area (Å²) in [7, 11) is 0. The number of anilines is 1. The number of benzene rings is 1. The fourth-order valence-corrected chi connectivity index (χ4v) is 2.49. The van der Waals surface area contributed by atoms with Crippen molar-refractivity contribution in [3.05, 3.63) is 58.7 Å². The minimum Gasteiger partial charge on any atom is -0.471 e. The van der Waals surface area contributed by atoms with Crippen LogP contribution in [0.15, 0.2) is 35.0 Å². The van der Waals surface area contributed by atoms with Crippen LogP contribution < -0.4 is 10.1 Å². The van der Waals surface area contributed by atoms with Gasteiger partial charge in [0.1, 0.15) is 17.1 Å². The highest BCUT2D eigenvalue weighted by molar-refractivity contribution is 6.03. The number of rotatable bonds is 5. The summed E-state index contributed by atoms with van der Waals surface area (Å²) in [4.78, 5) is 12.3. The molecule has 25 heavy (non-hydrogen) atoms. The van der Waals surface area contributed by atoms with E-state index < -0.39 is 0 Å². The molecule has 1 aromatic carbocycles. The lowest BCUT2D eigenvalue weighted by atomic mass is 10.1.